The molecule has 0 bridgehead atoms. The van der Waals surface area contributed by atoms with E-state index in [-0.39, 0.29) is 0 Å². The maximum atomic E-state index is 12.6. The molecule has 22 heavy (non-hydrogen) atoms. The average Bonchev–Trinajstić information content (AvgIpc) is 2.62. The zero-order valence-corrected chi connectivity index (χ0v) is 15.2. The lowest BCUT2D eigenvalue weighted by atomic mass is 10.2. The largest absolute Gasteiger partial charge is 0.442 e. The van der Waals surface area contributed by atoms with Gasteiger partial charge in [-0.1, -0.05) is 0 Å². The quantitative estimate of drug-likeness (QED) is 0.810. The molecule has 1 amide bonds. The molecule has 0 fully saturated rings. The highest BCUT2D eigenvalue weighted by molar-refractivity contribution is 9.11. The van der Waals surface area contributed by atoms with Gasteiger partial charge < -0.3 is 4.74 Å². The Labute approximate surface area is 138 Å². The highest BCUT2D eigenvalue weighted by Crippen LogP contribution is 2.30. The Morgan fingerprint density at radius 2 is 1.95 bits per heavy atom. The first-order valence-corrected chi connectivity index (χ1v) is 8.05. The Bertz CT molecular complexity index is 859. The lowest BCUT2D eigenvalue weighted by Gasteiger charge is -2.24. The van der Waals surface area contributed by atoms with Crippen molar-refractivity contribution in [3.05, 3.63) is 30.2 Å². The second kappa shape index (κ2) is 5.54. The van der Waals surface area contributed by atoms with Crippen LogP contribution in [-0.2, 0) is 4.74 Å². The van der Waals surface area contributed by atoms with Crippen molar-refractivity contribution < 1.29 is 9.53 Å². The molecule has 2 rings (SSSR count). The third kappa shape index (κ3) is 2.95. The van der Waals surface area contributed by atoms with Gasteiger partial charge in [0, 0.05) is 7.05 Å². The first-order chi connectivity index (χ1) is 10.0. The van der Waals surface area contributed by atoms with Crippen molar-refractivity contribution in [3.8, 4) is 0 Å². The van der Waals surface area contributed by atoms with Crippen LogP contribution in [0.5, 0.6) is 0 Å². The number of aromatic amines is 1. The van der Waals surface area contributed by atoms with Gasteiger partial charge in [0.25, 0.3) is 5.56 Å². The first kappa shape index (κ1) is 16.8. The number of halogens is 1. The number of amides is 1. The van der Waals surface area contributed by atoms with Crippen molar-refractivity contribution in [2.45, 2.75) is 33.3 Å². The third-order valence-electron chi connectivity index (χ3n) is 2.87. The van der Waals surface area contributed by atoms with Crippen LogP contribution in [0.25, 0.3) is 10.2 Å². The number of ether oxygens (including phenoxy) is 1. The number of hydrogen-bond acceptors (Lipinski definition) is 5. The second-order valence-electron chi connectivity index (χ2n) is 5.76. The van der Waals surface area contributed by atoms with Crippen LogP contribution in [0.4, 0.5) is 4.79 Å². The van der Waals surface area contributed by atoms with Crippen LogP contribution in [0, 0.1) is 6.92 Å². The molecule has 7 nitrogen and oxygen atoms in total. The zero-order valence-electron chi connectivity index (χ0n) is 12.8. The Hall–Kier alpha value is -1.61. The van der Waals surface area contributed by atoms with Crippen LogP contribution in [-0.4, -0.2) is 28.4 Å². The van der Waals surface area contributed by atoms with E-state index in [4.69, 9.17) is 4.74 Å². The number of aromatic nitrogens is 2. The fourth-order valence-corrected chi connectivity index (χ4v) is 3.46. The van der Waals surface area contributed by atoms with E-state index in [9.17, 15) is 14.4 Å². The smallest absolute Gasteiger partial charge is 0.429 e. The van der Waals surface area contributed by atoms with Crippen LogP contribution < -0.4 is 16.3 Å². The molecule has 120 valence electrons. The zero-order chi connectivity index (χ0) is 16.8. The van der Waals surface area contributed by atoms with E-state index in [2.05, 4.69) is 20.9 Å². The second-order valence-corrected chi connectivity index (χ2v) is 8.09. The molecule has 1 N–H and O–H groups in total. The Kier molecular flexibility index (Phi) is 4.22. The molecule has 0 unspecified atom stereocenters. The molecule has 0 atom stereocenters. The molecule has 0 saturated heterocycles. The molecule has 0 aliphatic rings. The molecule has 2 aromatic rings. The van der Waals surface area contributed by atoms with Crippen molar-refractivity contribution in [1.82, 2.24) is 9.66 Å². The normalized spacial score (nSPS) is 11.7. The predicted octanol–water partition coefficient (Wildman–Crippen LogP) is 2.33. The van der Waals surface area contributed by atoms with E-state index >= 15 is 0 Å². The summed E-state index contributed by atoms with van der Waals surface area (Å²) < 4.78 is 6.68. The lowest BCUT2D eigenvalue weighted by molar-refractivity contribution is 0.0546. The average molecular weight is 390 g/mol. The maximum absolute atomic E-state index is 12.6. The molecule has 0 aliphatic heterocycles. The monoisotopic (exact) mass is 389 g/mol. The van der Waals surface area contributed by atoms with Crippen molar-refractivity contribution >= 4 is 43.6 Å². The van der Waals surface area contributed by atoms with Gasteiger partial charge in [-0.05, 0) is 49.2 Å². The number of carbonyl (C=O) groups is 1. The van der Waals surface area contributed by atoms with Gasteiger partial charge in [-0.2, -0.15) is 4.68 Å². The summed E-state index contributed by atoms with van der Waals surface area (Å²) in [5.41, 5.74) is -1.27. The van der Waals surface area contributed by atoms with Gasteiger partial charge in [-0.25, -0.2) is 14.6 Å². The number of fused-ring (bicyclic) bond motifs is 1. The summed E-state index contributed by atoms with van der Waals surface area (Å²) in [6.45, 7) is 6.87. The van der Waals surface area contributed by atoms with E-state index in [1.165, 1.54) is 18.4 Å². The fraction of sp³-hybridized carbons (Fsp3) is 0.462. The minimum atomic E-state index is -0.786. The van der Waals surface area contributed by atoms with E-state index in [1.807, 2.05) is 0 Å². The van der Waals surface area contributed by atoms with E-state index in [0.29, 0.717) is 15.8 Å². The molecule has 0 saturated carbocycles. The molecule has 9 heteroatoms. The highest BCUT2D eigenvalue weighted by Gasteiger charge is 2.24. The number of H-pyrrole nitrogens is 1. The summed E-state index contributed by atoms with van der Waals surface area (Å²) in [4.78, 5) is 39.9. The fourth-order valence-electron chi connectivity index (χ4n) is 1.86. The summed E-state index contributed by atoms with van der Waals surface area (Å²) in [7, 11) is 1.31. The van der Waals surface area contributed by atoms with Gasteiger partial charge >= 0.3 is 11.8 Å². The third-order valence-corrected chi connectivity index (χ3v) is 4.94. The van der Waals surface area contributed by atoms with Crippen LogP contribution >= 0.6 is 27.3 Å². The molecular weight excluding hydrogens is 374 g/mol. The van der Waals surface area contributed by atoms with Crippen molar-refractivity contribution in [3.63, 3.8) is 0 Å². The number of rotatable bonds is 1. The van der Waals surface area contributed by atoms with Gasteiger partial charge in [-0.15, -0.1) is 11.3 Å². The molecule has 0 aliphatic carbocycles. The number of thiophene rings is 1. The number of nitrogens with one attached hydrogen (secondary N) is 1. The summed E-state index contributed by atoms with van der Waals surface area (Å²) in [5.74, 6) is 0. The Balaban J connectivity index is 2.61. The number of hydrogen-bond donors (Lipinski definition) is 1. The summed E-state index contributed by atoms with van der Waals surface area (Å²) in [5, 5.41) is 1.24. The lowest BCUT2D eigenvalue weighted by Crippen LogP contribution is -2.52. The highest BCUT2D eigenvalue weighted by atomic mass is 79.9. The molecule has 2 aromatic heterocycles. The van der Waals surface area contributed by atoms with Crippen LogP contribution in [0.2, 0.25) is 0 Å². The van der Waals surface area contributed by atoms with Crippen molar-refractivity contribution in [2.75, 3.05) is 12.1 Å². The minimum absolute atomic E-state index is 0.367. The first-order valence-electron chi connectivity index (χ1n) is 6.44. The topological polar surface area (TPSA) is 84.4 Å². The predicted molar refractivity (Wildman–Crippen MR) is 89.5 cm³/mol. The van der Waals surface area contributed by atoms with Gasteiger partial charge in [-0.3, -0.25) is 9.78 Å². The molecular formula is C13H16BrN3O4S. The van der Waals surface area contributed by atoms with E-state index in [1.54, 1.807) is 27.7 Å². The summed E-state index contributed by atoms with van der Waals surface area (Å²) >= 11 is 4.60. The van der Waals surface area contributed by atoms with Crippen LogP contribution in [0.1, 0.15) is 26.3 Å². The molecule has 0 aromatic carbocycles. The minimum Gasteiger partial charge on any atom is -0.442 e. The van der Waals surface area contributed by atoms with Crippen LogP contribution in [0.3, 0.4) is 0 Å². The van der Waals surface area contributed by atoms with E-state index in [0.717, 1.165) is 13.5 Å². The standard InChI is InChI=1S/C13H16BrN3O4S/c1-6-7-9(22-8(6)14)15-11(19)17(10(7)18)16(5)12(20)21-13(2,3)4/h1-5H3,(H,15,19). The molecule has 0 radical (unpaired) electrons. The number of aryl methyl sites for hydroxylation is 1. The summed E-state index contributed by atoms with van der Waals surface area (Å²) in [6.07, 6.45) is -0.786. The van der Waals surface area contributed by atoms with Gasteiger partial charge in [0.15, 0.2) is 0 Å². The van der Waals surface area contributed by atoms with Gasteiger partial charge in [0.2, 0.25) is 0 Å². The van der Waals surface area contributed by atoms with Crippen LogP contribution in [0.15, 0.2) is 13.4 Å². The summed E-state index contributed by atoms with van der Waals surface area (Å²) in [6, 6.07) is 0. The van der Waals surface area contributed by atoms with Gasteiger partial charge in [0.05, 0.1) is 9.17 Å². The Morgan fingerprint density at radius 3 is 2.50 bits per heavy atom. The molecule has 2 heterocycles. The number of carbonyl (C=O) groups excluding carboxylic acids is 1. The SMILES string of the molecule is Cc1c(Br)sc2[nH]c(=O)n(N(C)C(=O)OC(C)(C)C)c(=O)c12. The van der Waals surface area contributed by atoms with Gasteiger partial charge in [0.1, 0.15) is 10.4 Å². The van der Waals surface area contributed by atoms with E-state index < -0.39 is 22.9 Å². The van der Waals surface area contributed by atoms with Crippen molar-refractivity contribution in [2.24, 2.45) is 0 Å². The maximum Gasteiger partial charge on any atom is 0.429 e. The Morgan fingerprint density at radius 1 is 1.36 bits per heavy atom. The van der Waals surface area contributed by atoms with Crippen molar-refractivity contribution in [1.29, 1.82) is 0 Å². The number of nitrogens with zero attached hydrogens (tertiary/aromatic N) is 2. The molecule has 0 spiro atoms.